The zero-order valence-electron chi connectivity index (χ0n) is 20.1. The highest BCUT2D eigenvalue weighted by atomic mass is 19.1. The van der Waals surface area contributed by atoms with Crippen molar-refractivity contribution in [2.24, 2.45) is 0 Å². The number of pyridine rings is 1. The van der Waals surface area contributed by atoms with Gasteiger partial charge in [0.05, 0.1) is 30.2 Å². The van der Waals surface area contributed by atoms with Gasteiger partial charge in [0.1, 0.15) is 29.6 Å². The van der Waals surface area contributed by atoms with Gasteiger partial charge in [-0.1, -0.05) is 18.2 Å². The lowest BCUT2D eigenvalue weighted by molar-refractivity contribution is -0.108. The van der Waals surface area contributed by atoms with Crippen LogP contribution in [0, 0.1) is 11.2 Å². The van der Waals surface area contributed by atoms with Gasteiger partial charge in [-0.25, -0.2) is 14.4 Å². The zero-order valence-corrected chi connectivity index (χ0v) is 20.1. The first-order valence-electron chi connectivity index (χ1n) is 12.3. The highest BCUT2D eigenvalue weighted by Gasteiger charge is 2.27. The number of nitrogens with one attached hydrogen (secondary N) is 2. The Morgan fingerprint density at radius 1 is 1.14 bits per heavy atom. The molecular weight excluding hydrogens is 457 g/mol. The van der Waals surface area contributed by atoms with Gasteiger partial charge in [-0.05, 0) is 54.8 Å². The number of piperazine rings is 1. The van der Waals surface area contributed by atoms with Gasteiger partial charge in [0, 0.05) is 32.7 Å². The molecule has 0 saturated carbocycles. The van der Waals surface area contributed by atoms with E-state index in [0.29, 0.717) is 18.2 Å². The van der Waals surface area contributed by atoms with Gasteiger partial charge in [-0.2, -0.15) is 0 Å². The molecule has 0 unspecified atom stereocenters. The van der Waals surface area contributed by atoms with Crippen molar-refractivity contribution in [1.29, 1.82) is 5.41 Å². The molecule has 36 heavy (non-hydrogen) atoms. The summed E-state index contributed by atoms with van der Waals surface area (Å²) in [6, 6.07) is 12.6. The normalized spacial score (nSPS) is 18.8. The van der Waals surface area contributed by atoms with Crippen LogP contribution in [-0.4, -0.2) is 76.1 Å². The fourth-order valence-electron chi connectivity index (χ4n) is 4.93. The van der Waals surface area contributed by atoms with Crippen LogP contribution in [-0.2, 0) is 4.79 Å². The average molecular weight is 488 g/mol. The van der Waals surface area contributed by atoms with Crippen molar-refractivity contribution < 1.29 is 9.18 Å². The van der Waals surface area contributed by atoms with E-state index in [-0.39, 0.29) is 11.9 Å². The lowest BCUT2D eigenvalue weighted by Gasteiger charge is -2.34. The predicted molar refractivity (Wildman–Crippen MR) is 138 cm³/mol. The molecule has 2 fully saturated rings. The topological polar surface area (TPSA) is 92.2 Å². The molecule has 2 aliphatic heterocycles. The summed E-state index contributed by atoms with van der Waals surface area (Å²) in [5.74, 6) is 1.69. The molecule has 2 aliphatic rings. The Bertz CT molecular complexity index is 1250. The summed E-state index contributed by atoms with van der Waals surface area (Å²) in [5.41, 5.74) is 2.51. The van der Waals surface area contributed by atoms with Crippen LogP contribution in [0.1, 0.15) is 30.3 Å². The van der Waals surface area contributed by atoms with Gasteiger partial charge in [0.15, 0.2) is 0 Å². The maximum atomic E-state index is 13.7. The lowest BCUT2D eigenvalue weighted by Crippen LogP contribution is -2.47. The molecule has 9 heteroatoms. The average Bonchev–Trinajstić information content (AvgIpc) is 3.58. The van der Waals surface area contributed by atoms with Crippen molar-refractivity contribution in [2.75, 3.05) is 44.2 Å². The second kappa shape index (κ2) is 10.8. The molecule has 186 valence electrons. The SMILES string of the molecule is N=C(/C=C\c1ncc(-c2cccc(N3CCN(CC=O)CC3)n2)[nH]1)N1CCC[C@@H]1c1cccc(F)c1. The predicted octanol–water partition coefficient (Wildman–Crippen LogP) is 3.76. The Morgan fingerprint density at radius 2 is 1.97 bits per heavy atom. The standard InChI is InChI=1S/C27H30FN7O/c28-21-5-1-4-20(18-21)24-7-3-11-35(24)25(29)9-10-26-30-19-23(31-26)22-6-2-8-27(32-22)34-14-12-33(13-15-34)16-17-36/h1-2,4-6,8-10,17-19,24,29H,3,7,11-16H2,(H,30,31)/b10-9-,29-25?/t24-/m1/s1. The number of imidazole rings is 1. The van der Waals surface area contributed by atoms with E-state index in [9.17, 15) is 9.18 Å². The first kappa shape index (κ1) is 23.9. The van der Waals surface area contributed by atoms with Crippen LogP contribution in [0.5, 0.6) is 0 Å². The van der Waals surface area contributed by atoms with Crippen molar-refractivity contribution in [2.45, 2.75) is 18.9 Å². The van der Waals surface area contributed by atoms with E-state index >= 15 is 0 Å². The van der Waals surface area contributed by atoms with Crippen LogP contribution >= 0.6 is 0 Å². The third-order valence-electron chi connectivity index (χ3n) is 6.83. The van der Waals surface area contributed by atoms with Crippen molar-refractivity contribution in [3.8, 4) is 11.4 Å². The van der Waals surface area contributed by atoms with Gasteiger partial charge in [0.2, 0.25) is 0 Å². The second-order valence-corrected chi connectivity index (χ2v) is 9.14. The van der Waals surface area contributed by atoms with Gasteiger partial charge in [0.25, 0.3) is 0 Å². The molecule has 3 aromatic rings. The molecule has 0 amide bonds. The third kappa shape index (κ3) is 5.36. The summed E-state index contributed by atoms with van der Waals surface area (Å²) < 4.78 is 13.7. The number of hydrogen-bond donors (Lipinski definition) is 2. The Balaban J connectivity index is 1.24. The molecule has 2 N–H and O–H groups in total. The Labute approximate surface area is 210 Å². The van der Waals surface area contributed by atoms with Gasteiger partial charge < -0.3 is 19.6 Å². The largest absolute Gasteiger partial charge is 0.354 e. The summed E-state index contributed by atoms with van der Waals surface area (Å²) in [7, 11) is 0. The van der Waals surface area contributed by atoms with E-state index in [4.69, 9.17) is 10.4 Å². The molecule has 2 saturated heterocycles. The van der Waals surface area contributed by atoms with E-state index in [1.54, 1.807) is 30.5 Å². The molecule has 4 heterocycles. The quantitative estimate of drug-likeness (QED) is 0.300. The minimum absolute atomic E-state index is 0.0113. The van der Waals surface area contributed by atoms with E-state index in [0.717, 1.165) is 74.6 Å². The van der Waals surface area contributed by atoms with Crippen molar-refractivity contribution in [3.63, 3.8) is 0 Å². The highest BCUT2D eigenvalue weighted by molar-refractivity contribution is 5.94. The van der Waals surface area contributed by atoms with Crippen LogP contribution in [0.3, 0.4) is 0 Å². The van der Waals surface area contributed by atoms with Crippen LogP contribution in [0.4, 0.5) is 10.2 Å². The molecule has 0 aliphatic carbocycles. The number of nitrogens with zero attached hydrogens (tertiary/aromatic N) is 5. The molecule has 5 rings (SSSR count). The van der Waals surface area contributed by atoms with E-state index in [2.05, 4.69) is 19.8 Å². The fourth-order valence-corrected chi connectivity index (χ4v) is 4.93. The Kier molecular flexibility index (Phi) is 7.18. The number of carbonyl (C=O) groups is 1. The monoisotopic (exact) mass is 487 g/mol. The smallest absolute Gasteiger partial charge is 0.133 e. The summed E-state index contributed by atoms with van der Waals surface area (Å²) in [4.78, 5) is 29.7. The molecule has 1 atom stereocenters. The number of amidine groups is 1. The number of likely N-dealkylation sites (tertiary alicyclic amines) is 1. The van der Waals surface area contributed by atoms with Crippen molar-refractivity contribution >= 4 is 24.0 Å². The van der Waals surface area contributed by atoms with Gasteiger partial charge in [-0.15, -0.1) is 0 Å². The number of rotatable bonds is 7. The summed E-state index contributed by atoms with van der Waals surface area (Å²) >= 11 is 0. The van der Waals surface area contributed by atoms with Crippen LogP contribution in [0.25, 0.3) is 17.5 Å². The van der Waals surface area contributed by atoms with Crippen molar-refractivity contribution in [1.82, 2.24) is 24.8 Å². The number of aromatic nitrogens is 3. The minimum atomic E-state index is -0.248. The fraction of sp³-hybridized carbons (Fsp3) is 0.333. The summed E-state index contributed by atoms with van der Waals surface area (Å²) in [6.07, 6.45) is 8.11. The van der Waals surface area contributed by atoms with Crippen LogP contribution < -0.4 is 4.90 Å². The maximum absolute atomic E-state index is 13.7. The molecule has 1 aromatic carbocycles. The number of benzene rings is 1. The Hall–Kier alpha value is -3.85. The van der Waals surface area contributed by atoms with Crippen molar-refractivity contribution in [3.05, 3.63) is 71.9 Å². The first-order chi connectivity index (χ1) is 17.6. The lowest BCUT2D eigenvalue weighted by atomic mass is 10.0. The number of halogens is 1. The molecular formula is C27H30FN7O. The van der Waals surface area contributed by atoms with E-state index in [1.165, 1.54) is 6.07 Å². The zero-order chi connectivity index (χ0) is 24.9. The second-order valence-electron chi connectivity index (χ2n) is 9.14. The molecule has 0 spiro atoms. The molecule has 2 aromatic heterocycles. The maximum Gasteiger partial charge on any atom is 0.133 e. The summed E-state index contributed by atoms with van der Waals surface area (Å²) in [5, 5.41) is 8.58. The number of carbonyl (C=O) groups excluding carboxylic acids is 1. The number of hydrogen-bond acceptors (Lipinski definition) is 6. The van der Waals surface area contributed by atoms with Gasteiger partial charge >= 0.3 is 0 Å². The van der Waals surface area contributed by atoms with E-state index in [1.807, 2.05) is 29.2 Å². The molecule has 0 radical (unpaired) electrons. The van der Waals surface area contributed by atoms with Gasteiger partial charge in [-0.3, -0.25) is 10.3 Å². The summed E-state index contributed by atoms with van der Waals surface area (Å²) in [6.45, 7) is 4.59. The number of H-pyrrole nitrogens is 1. The van der Waals surface area contributed by atoms with Crippen LogP contribution in [0.2, 0.25) is 0 Å². The molecule has 8 nitrogen and oxygen atoms in total. The highest BCUT2D eigenvalue weighted by Crippen LogP contribution is 2.32. The number of aldehydes is 1. The van der Waals surface area contributed by atoms with E-state index < -0.39 is 0 Å². The molecule has 0 bridgehead atoms. The number of anilines is 1. The first-order valence-corrected chi connectivity index (χ1v) is 12.3. The number of aromatic amines is 1. The Morgan fingerprint density at radius 3 is 2.78 bits per heavy atom. The van der Waals surface area contributed by atoms with Crippen LogP contribution in [0.15, 0.2) is 54.7 Å². The minimum Gasteiger partial charge on any atom is -0.354 e. The third-order valence-corrected chi connectivity index (χ3v) is 6.83.